The van der Waals surface area contributed by atoms with E-state index in [2.05, 4.69) is 49.4 Å². The van der Waals surface area contributed by atoms with Gasteiger partial charge in [-0.15, -0.1) is 0 Å². The minimum atomic E-state index is 0.315. The molecule has 1 aliphatic rings. The molecule has 4 rings (SSSR count). The van der Waals surface area contributed by atoms with Crippen molar-refractivity contribution in [3.05, 3.63) is 71.5 Å². The second-order valence-corrected chi connectivity index (χ2v) is 7.38. The summed E-state index contributed by atoms with van der Waals surface area (Å²) in [5, 5.41) is 4.37. The lowest BCUT2D eigenvalue weighted by molar-refractivity contribution is 0.122. The third-order valence-electron chi connectivity index (χ3n) is 5.09. The summed E-state index contributed by atoms with van der Waals surface area (Å²) in [5.41, 5.74) is 6.30. The minimum Gasteiger partial charge on any atom is -0.463 e. The number of hydrogen-bond acceptors (Lipinski definition) is 8. The van der Waals surface area contributed by atoms with Crippen molar-refractivity contribution in [2.75, 3.05) is 43.2 Å². The number of aryl methyl sites for hydroxylation is 1. The number of rotatable bonds is 9. The van der Waals surface area contributed by atoms with E-state index in [-0.39, 0.29) is 0 Å². The first kappa shape index (κ1) is 21.7. The molecule has 166 valence electrons. The maximum absolute atomic E-state index is 5.86. The Labute approximate surface area is 188 Å². The van der Waals surface area contributed by atoms with Gasteiger partial charge in [0.25, 0.3) is 0 Å². The van der Waals surface area contributed by atoms with Gasteiger partial charge in [0.15, 0.2) is 5.82 Å². The van der Waals surface area contributed by atoms with Crippen LogP contribution in [0.15, 0.2) is 59.8 Å². The van der Waals surface area contributed by atoms with Crippen LogP contribution >= 0.6 is 0 Å². The minimum absolute atomic E-state index is 0.315. The Hall–Kier alpha value is -3.52. The monoisotopic (exact) mass is 432 g/mol. The molecule has 0 unspecified atom stereocenters. The number of hydrazone groups is 1. The number of nitrogens with one attached hydrogen (secondary N) is 1. The molecule has 0 radical (unpaired) electrons. The molecule has 0 atom stereocenters. The van der Waals surface area contributed by atoms with Crippen molar-refractivity contribution in [3.63, 3.8) is 0 Å². The smallest absolute Gasteiger partial charge is 0.320 e. The SMILES string of the molecule is CCc1cccc(/C=N/Nc2cc(N3CCOCC3)nc(OCCc3ccccn3)n2)c1. The van der Waals surface area contributed by atoms with Gasteiger partial charge in [-0.3, -0.25) is 10.4 Å². The molecule has 0 aliphatic carbocycles. The average molecular weight is 433 g/mol. The summed E-state index contributed by atoms with van der Waals surface area (Å²) in [6.45, 7) is 5.48. The van der Waals surface area contributed by atoms with E-state index in [1.54, 1.807) is 12.4 Å². The third kappa shape index (κ3) is 6.24. The van der Waals surface area contributed by atoms with Crippen molar-refractivity contribution in [1.82, 2.24) is 15.0 Å². The molecule has 1 N–H and O–H groups in total. The molecule has 3 aromatic rings. The van der Waals surface area contributed by atoms with Gasteiger partial charge in [-0.25, -0.2) is 0 Å². The molecule has 1 aliphatic heterocycles. The van der Waals surface area contributed by atoms with Gasteiger partial charge >= 0.3 is 6.01 Å². The molecule has 0 amide bonds. The second-order valence-electron chi connectivity index (χ2n) is 7.38. The molecule has 1 saturated heterocycles. The summed E-state index contributed by atoms with van der Waals surface area (Å²) in [6, 6.07) is 16.3. The van der Waals surface area contributed by atoms with Crippen molar-refractivity contribution >= 4 is 17.9 Å². The fraction of sp³-hybridized carbons (Fsp3) is 0.333. The topological polar surface area (TPSA) is 84.8 Å². The molecule has 1 aromatic carbocycles. The lowest BCUT2D eigenvalue weighted by atomic mass is 10.1. The van der Waals surface area contributed by atoms with Crippen LogP contribution in [0.5, 0.6) is 6.01 Å². The molecule has 2 aromatic heterocycles. The molecular formula is C24H28N6O2. The number of morpholine rings is 1. The maximum Gasteiger partial charge on any atom is 0.320 e. The number of aromatic nitrogens is 3. The number of hydrogen-bond donors (Lipinski definition) is 1. The highest BCUT2D eigenvalue weighted by Gasteiger charge is 2.15. The summed E-state index contributed by atoms with van der Waals surface area (Å²) in [5.74, 6) is 1.37. The number of nitrogens with zero attached hydrogens (tertiary/aromatic N) is 5. The lowest BCUT2D eigenvalue weighted by Crippen LogP contribution is -2.36. The van der Waals surface area contributed by atoms with Crippen molar-refractivity contribution in [1.29, 1.82) is 0 Å². The van der Waals surface area contributed by atoms with Gasteiger partial charge in [-0.1, -0.05) is 37.3 Å². The van der Waals surface area contributed by atoms with Crippen LogP contribution in [0.25, 0.3) is 0 Å². The van der Waals surface area contributed by atoms with E-state index >= 15 is 0 Å². The Morgan fingerprint density at radius 3 is 2.84 bits per heavy atom. The van der Waals surface area contributed by atoms with Gasteiger partial charge in [0.2, 0.25) is 0 Å². The van der Waals surface area contributed by atoms with Crippen LogP contribution in [-0.2, 0) is 17.6 Å². The predicted molar refractivity (Wildman–Crippen MR) is 126 cm³/mol. The van der Waals surface area contributed by atoms with Crippen LogP contribution in [-0.4, -0.2) is 54.1 Å². The van der Waals surface area contributed by atoms with Gasteiger partial charge in [0, 0.05) is 37.5 Å². The van der Waals surface area contributed by atoms with Crippen molar-refractivity contribution in [2.24, 2.45) is 5.10 Å². The first-order chi connectivity index (χ1) is 15.8. The van der Waals surface area contributed by atoms with Crippen molar-refractivity contribution < 1.29 is 9.47 Å². The van der Waals surface area contributed by atoms with E-state index < -0.39 is 0 Å². The quantitative estimate of drug-likeness (QED) is 0.410. The standard InChI is InChI=1S/C24H28N6O2/c1-2-19-6-5-7-20(16-19)18-26-29-22-17-23(30-11-14-31-15-12-30)28-24(27-22)32-13-9-21-8-3-4-10-25-21/h3-8,10,16-18H,2,9,11-15H2,1H3,(H,27,28,29)/b26-18+. The van der Waals surface area contributed by atoms with E-state index in [1.807, 2.05) is 36.4 Å². The summed E-state index contributed by atoms with van der Waals surface area (Å²) in [6.07, 6.45) is 5.24. The fourth-order valence-corrected chi connectivity index (χ4v) is 3.35. The van der Waals surface area contributed by atoms with Gasteiger partial charge in [0.1, 0.15) is 5.82 Å². The van der Waals surface area contributed by atoms with Crippen molar-refractivity contribution in [3.8, 4) is 6.01 Å². The Bertz CT molecular complexity index is 1020. The second kappa shape index (κ2) is 11.2. The first-order valence-corrected chi connectivity index (χ1v) is 10.9. The first-order valence-electron chi connectivity index (χ1n) is 10.9. The average Bonchev–Trinajstić information content (AvgIpc) is 2.85. The van der Waals surface area contributed by atoms with Crippen LogP contribution < -0.4 is 15.1 Å². The van der Waals surface area contributed by atoms with E-state index in [9.17, 15) is 0 Å². The van der Waals surface area contributed by atoms with Crippen LogP contribution in [0.4, 0.5) is 11.6 Å². The summed E-state index contributed by atoms with van der Waals surface area (Å²) < 4.78 is 11.3. The lowest BCUT2D eigenvalue weighted by Gasteiger charge is -2.28. The van der Waals surface area contributed by atoms with Crippen LogP contribution in [0.3, 0.4) is 0 Å². The van der Waals surface area contributed by atoms with Gasteiger partial charge < -0.3 is 14.4 Å². The highest BCUT2D eigenvalue weighted by atomic mass is 16.5. The summed E-state index contributed by atoms with van der Waals surface area (Å²) in [7, 11) is 0. The highest BCUT2D eigenvalue weighted by molar-refractivity contribution is 5.80. The van der Waals surface area contributed by atoms with Crippen molar-refractivity contribution in [2.45, 2.75) is 19.8 Å². The molecular weight excluding hydrogens is 404 g/mol. The third-order valence-corrected chi connectivity index (χ3v) is 5.09. The van der Waals surface area contributed by atoms with Crippen LogP contribution in [0, 0.1) is 0 Å². The van der Waals surface area contributed by atoms with E-state index in [0.29, 0.717) is 38.1 Å². The summed E-state index contributed by atoms with van der Waals surface area (Å²) in [4.78, 5) is 15.6. The molecule has 32 heavy (non-hydrogen) atoms. The zero-order valence-electron chi connectivity index (χ0n) is 18.3. The fourth-order valence-electron chi connectivity index (χ4n) is 3.35. The molecule has 0 saturated carbocycles. The Morgan fingerprint density at radius 2 is 2.03 bits per heavy atom. The Kier molecular flexibility index (Phi) is 7.60. The van der Waals surface area contributed by atoms with E-state index in [1.165, 1.54) is 5.56 Å². The summed E-state index contributed by atoms with van der Waals surface area (Å²) >= 11 is 0. The highest BCUT2D eigenvalue weighted by Crippen LogP contribution is 2.21. The van der Waals surface area contributed by atoms with Gasteiger partial charge in [-0.05, 0) is 29.7 Å². The Balaban J connectivity index is 1.46. The van der Waals surface area contributed by atoms with Gasteiger partial charge in [0.05, 0.1) is 26.0 Å². The molecule has 8 nitrogen and oxygen atoms in total. The number of benzene rings is 1. The van der Waals surface area contributed by atoms with Crippen LogP contribution in [0.1, 0.15) is 23.7 Å². The Morgan fingerprint density at radius 1 is 1.12 bits per heavy atom. The van der Waals surface area contributed by atoms with Crippen LogP contribution in [0.2, 0.25) is 0 Å². The number of pyridine rings is 1. The van der Waals surface area contributed by atoms with E-state index in [0.717, 1.165) is 36.6 Å². The maximum atomic E-state index is 5.86. The zero-order valence-corrected chi connectivity index (χ0v) is 18.3. The molecule has 0 bridgehead atoms. The molecule has 3 heterocycles. The predicted octanol–water partition coefficient (Wildman–Crippen LogP) is 3.34. The molecule has 0 spiro atoms. The van der Waals surface area contributed by atoms with E-state index in [4.69, 9.17) is 9.47 Å². The molecule has 8 heteroatoms. The normalized spacial score (nSPS) is 14.0. The number of anilines is 2. The number of ether oxygens (including phenoxy) is 2. The van der Waals surface area contributed by atoms with Gasteiger partial charge in [-0.2, -0.15) is 15.1 Å². The molecule has 1 fully saturated rings. The largest absolute Gasteiger partial charge is 0.463 e. The zero-order chi connectivity index (χ0) is 22.0.